The van der Waals surface area contributed by atoms with E-state index < -0.39 is 0 Å². The van der Waals surface area contributed by atoms with Crippen LogP contribution in [0.15, 0.2) is 30.6 Å². The Morgan fingerprint density at radius 2 is 1.96 bits per heavy atom. The van der Waals surface area contributed by atoms with E-state index in [1.165, 1.54) is 6.33 Å². The molecule has 1 fully saturated rings. The molecule has 0 unspecified atom stereocenters. The van der Waals surface area contributed by atoms with Crippen LogP contribution in [-0.2, 0) is 6.54 Å². The second-order valence-electron chi connectivity index (χ2n) is 6.38. The van der Waals surface area contributed by atoms with Crippen molar-refractivity contribution in [1.82, 2.24) is 29.9 Å². The highest BCUT2D eigenvalue weighted by Crippen LogP contribution is 2.24. The summed E-state index contributed by atoms with van der Waals surface area (Å²) < 4.78 is 7.04. The Labute approximate surface area is 162 Å². The van der Waals surface area contributed by atoms with E-state index in [-0.39, 0.29) is 6.03 Å². The highest BCUT2D eigenvalue weighted by atomic mass is 16.5. The highest BCUT2D eigenvalue weighted by Gasteiger charge is 2.25. The molecule has 2 aromatic heterocycles. The first kappa shape index (κ1) is 18.0. The maximum absolute atomic E-state index is 12.6. The third-order valence-corrected chi connectivity index (χ3v) is 4.80. The lowest BCUT2D eigenvalue weighted by atomic mass is 10.3. The second-order valence-corrected chi connectivity index (χ2v) is 6.38. The summed E-state index contributed by atoms with van der Waals surface area (Å²) in [5.74, 6) is 1.39. The molecule has 0 spiro atoms. The minimum atomic E-state index is -0.145. The first-order valence-electron chi connectivity index (χ1n) is 9.19. The molecule has 1 aliphatic heterocycles. The molecule has 0 saturated carbocycles. The van der Waals surface area contributed by atoms with Crippen LogP contribution < -0.4 is 15.0 Å². The molecule has 10 nitrogen and oxygen atoms in total. The van der Waals surface area contributed by atoms with E-state index in [2.05, 4.69) is 30.5 Å². The van der Waals surface area contributed by atoms with Gasteiger partial charge in [-0.3, -0.25) is 0 Å². The Hall–Kier alpha value is -3.43. The zero-order valence-corrected chi connectivity index (χ0v) is 15.9. The predicted molar refractivity (Wildman–Crippen MR) is 105 cm³/mol. The van der Waals surface area contributed by atoms with Crippen LogP contribution in [0.25, 0.3) is 11.2 Å². The molecule has 2 amide bonds. The van der Waals surface area contributed by atoms with Gasteiger partial charge in [0.1, 0.15) is 12.1 Å². The fraction of sp³-hybridized carbons (Fsp3) is 0.389. The number of carbonyl (C=O) groups excluding carboxylic acids is 1. The number of para-hydroxylation sites is 2. The Kier molecular flexibility index (Phi) is 4.92. The molecular weight excluding hydrogens is 360 g/mol. The van der Waals surface area contributed by atoms with Gasteiger partial charge in [-0.05, 0) is 19.1 Å². The Morgan fingerprint density at radius 1 is 1.18 bits per heavy atom. The summed E-state index contributed by atoms with van der Waals surface area (Å²) in [6, 6.07) is 7.22. The zero-order chi connectivity index (χ0) is 19.5. The van der Waals surface area contributed by atoms with Crippen LogP contribution in [0, 0.1) is 0 Å². The number of aryl methyl sites for hydroxylation is 1. The lowest BCUT2D eigenvalue weighted by Crippen LogP contribution is -2.50. The van der Waals surface area contributed by atoms with Gasteiger partial charge in [0.05, 0.1) is 12.8 Å². The van der Waals surface area contributed by atoms with Crippen molar-refractivity contribution in [3.8, 4) is 5.75 Å². The molecule has 0 radical (unpaired) electrons. The van der Waals surface area contributed by atoms with Gasteiger partial charge in [0.15, 0.2) is 17.0 Å². The Balaban J connectivity index is 1.44. The van der Waals surface area contributed by atoms with Gasteiger partial charge >= 0.3 is 6.03 Å². The van der Waals surface area contributed by atoms with Gasteiger partial charge in [-0.1, -0.05) is 17.3 Å². The van der Waals surface area contributed by atoms with Crippen molar-refractivity contribution >= 4 is 28.7 Å². The van der Waals surface area contributed by atoms with Crippen molar-refractivity contribution in [2.45, 2.75) is 13.5 Å². The summed E-state index contributed by atoms with van der Waals surface area (Å²) in [6.45, 7) is 5.16. The molecule has 0 aliphatic carbocycles. The predicted octanol–water partition coefficient (Wildman–Crippen LogP) is 1.60. The summed E-state index contributed by atoms with van der Waals surface area (Å²) in [5.41, 5.74) is 2.08. The quantitative estimate of drug-likeness (QED) is 0.731. The van der Waals surface area contributed by atoms with E-state index in [0.29, 0.717) is 49.7 Å². The standard InChI is InChI=1S/C18H22N8O2/c1-3-26-17-15(22-23-26)16(19-12-20-17)24-8-10-25(11-9-24)18(27)21-13-6-4-5-7-14(13)28-2/h4-7,12H,3,8-11H2,1-2H3,(H,21,27). The van der Waals surface area contributed by atoms with Gasteiger partial charge in [0, 0.05) is 32.7 Å². The smallest absolute Gasteiger partial charge is 0.322 e. The molecule has 1 aromatic carbocycles. The number of methoxy groups -OCH3 is 1. The molecule has 10 heteroatoms. The van der Waals surface area contributed by atoms with Crippen molar-refractivity contribution in [1.29, 1.82) is 0 Å². The maximum atomic E-state index is 12.6. The number of urea groups is 1. The Morgan fingerprint density at radius 3 is 2.71 bits per heavy atom. The maximum Gasteiger partial charge on any atom is 0.322 e. The minimum Gasteiger partial charge on any atom is -0.495 e. The summed E-state index contributed by atoms with van der Waals surface area (Å²) in [5, 5.41) is 11.3. The highest BCUT2D eigenvalue weighted by molar-refractivity contribution is 5.91. The van der Waals surface area contributed by atoms with Crippen LogP contribution in [0.5, 0.6) is 5.75 Å². The van der Waals surface area contributed by atoms with Crippen molar-refractivity contribution < 1.29 is 9.53 Å². The molecule has 0 bridgehead atoms. The average Bonchev–Trinajstić information content (AvgIpc) is 3.17. The molecule has 3 heterocycles. The molecule has 1 N–H and O–H groups in total. The molecule has 28 heavy (non-hydrogen) atoms. The van der Waals surface area contributed by atoms with Crippen LogP contribution in [0.2, 0.25) is 0 Å². The van der Waals surface area contributed by atoms with Crippen molar-refractivity contribution in [3.05, 3.63) is 30.6 Å². The number of aromatic nitrogens is 5. The van der Waals surface area contributed by atoms with E-state index in [0.717, 1.165) is 11.5 Å². The van der Waals surface area contributed by atoms with Crippen LogP contribution >= 0.6 is 0 Å². The van der Waals surface area contributed by atoms with Crippen molar-refractivity contribution in [2.75, 3.05) is 43.5 Å². The van der Waals surface area contributed by atoms with E-state index in [4.69, 9.17) is 4.74 Å². The van der Waals surface area contributed by atoms with E-state index in [1.807, 2.05) is 31.2 Å². The van der Waals surface area contributed by atoms with Crippen molar-refractivity contribution in [3.63, 3.8) is 0 Å². The summed E-state index contributed by atoms with van der Waals surface area (Å²) in [7, 11) is 1.58. The number of amides is 2. The lowest BCUT2D eigenvalue weighted by molar-refractivity contribution is 0.208. The number of ether oxygens (including phenoxy) is 1. The van der Waals surface area contributed by atoms with Gasteiger partial charge in [-0.2, -0.15) is 0 Å². The number of nitrogens with zero attached hydrogens (tertiary/aromatic N) is 7. The lowest BCUT2D eigenvalue weighted by Gasteiger charge is -2.35. The second kappa shape index (κ2) is 7.67. The number of piperazine rings is 1. The molecular formula is C18H22N8O2. The fourth-order valence-electron chi connectivity index (χ4n) is 3.29. The van der Waals surface area contributed by atoms with E-state index >= 15 is 0 Å². The molecule has 0 atom stereocenters. The average molecular weight is 382 g/mol. The third-order valence-electron chi connectivity index (χ3n) is 4.80. The fourth-order valence-corrected chi connectivity index (χ4v) is 3.29. The third kappa shape index (κ3) is 3.28. The van der Waals surface area contributed by atoms with Crippen LogP contribution in [0.1, 0.15) is 6.92 Å². The first-order chi connectivity index (χ1) is 13.7. The number of carbonyl (C=O) groups is 1. The van der Waals surface area contributed by atoms with Gasteiger partial charge < -0.3 is 19.9 Å². The Bertz CT molecular complexity index is 981. The number of anilines is 2. The molecule has 4 rings (SSSR count). The number of nitrogens with one attached hydrogen (secondary N) is 1. The van der Waals surface area contributed by atoms with Gasteiger partial charge in [0.2, 0.25) is 0 Å². The van der Waals surface area contributed by atoms with Crippen LogP contribution in [0.3, 0.4) is 0 Å². The normalized spacial score (nSPS) is 14.4. The largest absolute Gasteiger partial charge is 0.495 e. The number of rotatable bonds is 4. The number of fused-ring (bicyclic) bond motifs is 1. The van der Waals surface area contributed by atoms with Crippen LogP contribution in [-0.4, -0.2) is 69.2 Å². The van der Waals surface area contributed by atoms with Gasteiger partial charge in [-0.25, -0.2) is 19.4 Å². The van der Waals surface area contributed by atoms with Crippen LogP contribution in [0.4, 0.5) is 16.3 Å². The molecule has 146 valence electrons. The SMILES string of the molecule is CCn1nnc2c(N3CCN(C(=O)Nc4ccccc4OC)CC3)ncnc21. The topological polar surface area (TPSA) is 101 Å². The zero-order valence-electron chi connectivity index (χ0n) is 15.9. The summed E-state index contributed by atoms with van der Waals surface area (Å²) >= 11 is 0. The first-order valence-corrected chi connectivity index (χ1v) is 9.19. The molecule has 1 aliphatic rings. The van der Waals surface area contributed by atoms with E-state index in [9.17, 15) is 4.79 Å². The molecule has 3 aromatic rings. The van der Waals surface area contributed by atoms with Crippen molar-refractivity contribution in [2.24, 2.45) is 0 Å². The molecule has 1 saturated heterocycles. The number of hydrogen-bond donors (Lipinski definition) is 1. The minimum absolute atomic E-state index is 0.145. The number of benzene rings is 1. The van der Waals surface area contributed by atoms with Gasteiger partial charge in [0.25, 0.3) is 0 Å². The van der Waals surface area contributed by atoms with E-state index in [1.54, 1.807) is 16.7 Å². The summed E-state index contributed by atoms with van der Waals surface area (Å²) in [4.78, 5) is 25.2. The van der Waals surface area contributed by atoms with Gasteiger partial charge in [-0.15, -0.1) is 5.10 Å². The number of hydrogen-bond acceptors (Lipinski definition) is 7. The summed E-state index contributed by atoms with van der Waals surface area (Å²) in [6.07, 6.45) is 1.54. The monoisotopic (exact) mass is 382 g/mol.